The molecule has 7 heteroatoms. The molecule has 1 saturated heterocycles. The molecule has 6 nitrogen and oxygen atoms in total. The fourth-order valence-corrected chi connectivity index (χ4v) is 5.29. The van der Waals surface area contributed by atoms with Crippen LogP contribution in [0.1, 0.15) is 81.2 Å². The average molecular weight is 522 g/mol. The van der Waals surface area contributed by atoms with Gasteiger partial charge in [-0.3, -0.25) is 9.69 Å². The number of ether oxygens (including phenoxy) is 3. The molecule has 36 heavy (non-hydrogen) atoms. The van der Waals surface area contributed by atoms with Gasteiger partial charge in [-0.15, -0.1) is 0 Å². The topological polar surface area (TPSA) is 57.2 Å². The second-order valence-corrected chi connectivity index (χ2v) is 18.1. The Labute approximate surface area is 221 Å². The molecule has 0 aliphatic carbocycles. The Morgan fingerprint density at radius 1 is 1.06 bits per heavy atom. The van der Waals surface area contributed by atoms with Gasteiger partial charge in [-0.25, -0.2) is 0 Å². The summed E-state index contributed by atoms with van der Waals surface area (Å²) in [5.74, 6) is -1.00. The van der Waals surface area contributed by atoms with Gasteiger partial charge in [-0.05, 0) is 72.2 Å². The smallest absolute Gasteiger partial charge is 0.308 e. The first kappa shape index (κ1) is 31.0. The van der Waals surface area contributed by atoms with Gasteiger partial charge < -0.3 is 18.6 Å². The van der Waals surface area contributed by atoms with E-state index in [9.17, 15) is 4.79 Å². The van der Waals surface area contributed by atoms with Gasteiger partial charge in [0.15, 0.2) is 14.1 Å². The molecule has 0 aromatic heterocycles. The molecule has 0 spiro atoms. The van der Waals surface area contributed by atoms with Gasteiger partial charge in [0.2, 0.25) is 0 Å². The maximum absolute atomic E-state index is 13.2. The van der Waals surface area contributed by atoms with Crippen molar-refractivity contribution in [3.8, 4) is 0 Å². The number of hydrogen-bond acceptors (Lipinski definition) is 6. The highest BCUT2D eigenvalue weighted by Crippen LogP contribution is 2.39. The molecule has 0 radical (unpaired) electrons. The predicted octanol–water partition coefficient (Wildman–Crippen LogP) is 6.54. The lowest BCUT2D eigenvalue weighted by Crippen LogP contribution is -2.53. The van der Waals surface area contributed by atoms with E-state index in [1.165, 1.54) is 5.56 Å². The Bertz CT molecular complexity index is 841. The molecular weight excluding hydrogens is 470 g/mol. The third-order valence-electron chi connectivity index (χ3n) is 7.11. The summed E-state index contributed by atoms with van der Waals surface area (Å²) in [7, 11) is -2.00. The molecule has 0 N–H and O–H groups in total. The lowest BCUT2D eigenvalue weighted by molar-refractivity contribution is -0.165. The van der Waals surface area contributed by atoms with Crippen LogP contribution >= 0.6 is 0 Å². The zero-order valence-electron chi connectivity index (χ0n) is 24.8. The van der Waals surface area contributed by atoms with Crippen LogP contribution in [0.15, 0.2) is 30.3 Å². The Kier molecular flexibility index (Phi) is 10.0. The van der Waals surface area contributed by atoms with Crippen molar-refractivity contribution in [2.75, 3.05) is 6.61 Å². The van der Waals surface area contributed by atoms with Crippen LogP contribution in [0.3, 0.4) is 0 Å². The molecule has 2 rings (SSSR count). The van der Waals surface area contributed by atoms with Crippen molar-refractivity contribution in [2.24, 2.45) is 0 Å². The van der Waals surface area contributed by atoms with Crippen molar-refractivity contribution >= 4 is 14.3 Å². The van der Waals surface area contributed by atoms with Crippen LogP contribution < -0.4 is 0 Å². The van der Waals surface area contributed by atoms with Crippen molar-refractivity contribution in [2.45, 2.75) is 136 Å². The highest BCUT2D eigenvalue weighted by atomic mass is 28.4. The van der Waals surface area contributed by atoms with E-state index in [1.807, 2.05) is 52.8 Å². The molecule has 0 saturated carbocycles. The lowest BCUT2D eigenvalue weighted by atomic mass is 9.98. The third kappa shape index (κ3) is 8.94. The van der Waals surface area contributed by atoms with Gasteiger partial charge in [-0.2, -0.15) is 0 Å². The zero-order valence-corrected chi connectivity index (χ0v) is 25.8. The maximum atomic E-state index is 13.2. The van der Waals surface area contributed by atoms with Crippen molar-refractivity contribution in [1.29, 1.82) is 0 Å². The minimum absolute atomic E-state index is 0.0880. The number of hydrogen-bond donors (Lipinski definition) is 0. The number of carbonyl (C=O) groups is 1. The van der Waals surface area contributed by atoms with Crippen LogP contribution in [-0.2, 0) is 30.0 Å². The first-order valence-corrected chi connectivity index (χ1v) is 16.2. The highest BCUT2D eigenvalue weighted by Gasteiger charge is 2.49. The second-order valence-electron chi connectivity index (χ2n) is 13.3. The number of rotatable bonds is 10. The number of carbonyl (C=O) groups excluding carboxylic acids is 1. The summed E-state index contributed by atoms with van der Waals surface area (Å²) < 4.78 is 25.3. The number of nitrogens with zero attached hydrogens (tertiary/aromatic N) is 1. The summed E-state index contributed by atoms with van der Waals surface area (Å²) in [5.41, 5.74) is 0.633. The van der Waals surface area contributed by atoms with Crippen molar-refractivity contribution in [1.82, 2.24) is 4.90 Å². The monoisotopic (exact) mass is 521 g/mol. The quantitative estimate of drug-likeness (QED) is 0.257. The van der Waals surface area contributed by atoms with E-state index in [2.05, 4.69) is 64.7 Å². The van der Waals surface area contributed by atoms with Crippen molar-refractivity contribution in [3.63, 3.8) is 0 Å². The molecule has 1 aromatic carbocycles. The third-order valence-corrected chi connectivity index (χ3v) is 11.6. The van der Waals surface area contributed by atoms with Gasteiger partial charge in [0.05, 0.1) is 13.0 Å². The largest absolute Gasteiger partial charge is 0.460 e. The van der Waals surface area contributed by atoms with Gasteiger partial charge >= 0.3 is 5.97 Å². The SMILES string of the molecule is CC(C)N(Cc1ccccc1)[C@H](CC(=O)OC(C)(C)C)[C@H]1OC(C)(C)O[C@H]1CO[Si](C)(C)C(C)(C)C. The molecule has 0 bridgehead atoms. The highest BCUT2D eigenvalue weighted by molar-refractivity contribution is 6.74. The molecular formula is C29H51NO5Si. The van der Waals surface area contributed by atoms with Gasteiger partial charge in [0.25, 0.3) is 0 Å². The molecule has 1 heterocycles. The minimum Gasteiger partial charge on any atom is -0.460 e. The second kappa shape index (κ2) is 11.6. The summed E-state index contributed by atoms with van der Waals surface area (Å²) in [6.45, 7) is 26.2. The number of benzene rings is 1. The first-order chi connectivity index (χ1) is 16.3. The van der Waals surface area contributed by atoms with Crippen LogP contribution in [0.5, 0.6) is 0 Å². The van der Waals surface area contributed by atoms with Crippen LogP contribution in [0.4, 0.5) is 0 Å². The van der Waals surface area contributed by atoms with E-state index in [0.29, 0.717) is 13.2 Å². The zero-order chi connectivity index (χ0) is 27.5. The Balaban J connectivity index is 2.41. The molecule has 206 valence electrons. The molecule has 1 aliphatic heterocycles. The van der Waals surface area contributed by atoms with Crippen LogP contribution in [0.25, 0.3) is 0 Å². The summed E-state index contributed by atoms with van der Waals surface area (Å²) in [4.78, 5) is 15.5. The fraction of sp³-hybridized carbons (Fsp3) is 0.759. The minimum atomic E-state index is -2.00. The van der Waals surface area contributed by atoms with Gasteiger partial charge in [0, 0.05) is 18.6 Å². The van der Waals surface area contributed by atoms with E-state index < -0.39 is 19.7 Å². The van der Waals surface area contributed by atoms with Crippen molar-refractivity contribution in [3.05, 3.63) is 35.9 Å². The molecule has 0 unspecified atom stereocenters. The Hall–Kier alpha value is -1.25. The molecule has 0 amide bonds. The van der Waals surface area contributed by atoms with Crippen LogP contribution in [0.2, 0.25) is 18.1 Å². The van der Waals surface area contributed by atoms with E-state index >= 15 is 0 Å². The lowest BCUT2D eigenvalue weighted by Gasteiger charge is -2.40. The molecule has 3 atom stereocenters. The predicted molar refractivity (Wildman–Crippen MR) is 148 cm³/mol. The van der Waals surface area contributed by atoms with E-state index in [-0.39, 0.29) is 41.7 Å². The normalized spacial score (nSPS) is 21.7. The van der Waals surface area contributed by atoms with Gasteiger partial charge in [-0.1, -0.05) is 51.1 Å². The van der Waals surface area contributed by atoms with E-state index in [1.54, 1.807) is 0 Å². The average Bonchev–Trinajstić information content (AvgIpc) is 3.02. The van der Waals surface area contributed by atoms with Crippen LogP contribution in [0, 0.1) is 0 Å². The Morgan fingerprint density at radius 2 is 1.64 bits per heavy atom. The fourth-order valence-electron chi connectivity index (χ4n) is 4.28. The summed E-state index contributed by atoms with van der Waals surface area (Å²) in [5, 5.41) is 0.0880. The summed E-state index contributed by atoms with van der Waals surface area (Å²) in [6.07, 6.45) is -0.426. The first-order valence-electron chi connectivity index (χ1n) is 13.3. The van der Waals surface area contributed by atoms with Gasteiger partial charge in [0.1, 0.15) is 17.8 Å². The van der Waals surface area contributed by atoms with Crippen LogP contribution in [-0.4, -0.2) is 61.5 Å². The summed E-state index contributed by atoms with van der Waals surface area (Å²) in [6, 6.07) is 10.3. The molecule has 1 aliphatic rings. The Morgan fingerprint density at radius 3 is 2.14 bits per heavy atom. The summed E-state index contributed by atoms with van der Waals surface area (Å²) >= 11 is 0. The standard InChI is InChI=1S/C29H51NO5Si/c1-21(2)30(19-22-16-14-13-15-17-22)23(18-25(31)34-27(3,4)5)26-24(33-29(9,10)35-26)20-32-36(11,12)28(6,7)8/h13-17,21,23-24,26H,18-20H2,1-12H3/t23-,24+,26-/m1/s1. The maximum Gasteiger partial charge on any atom is 0.308 e. The molecule has 1 aromatic rings. The van der Waals surface area contributed by atoms with E-state index in [0.717, 1.165) is 0 Å². The molecule has 1 fully saturated rings. The van der Waals surface area contributed by atoms with Crippen molar-refractivity contribution < 1.29 is 23.4 Å². The van der Waals surface area contributed by atoms with E-state index in [4.69, 9.17) is 18.6 Å². The number of esters is 1.